The normalized spacial score (nSPS) is 12.4. The topological polar surface area (TPSA) is 12.0 Å². The predicted octanol–water partition coefficient (Wildman–Crippen LogP) is 5.05. The van der Waals surface area contributed by atoms with Gasteiger partial charge in [-0.3, -0.25) is 0 Å². The molecule has 0 aliphatic heterocycles. The summed E-state index contributed by atoms with van der Waals surface area (Å²) in [6.45, 7) is 5.81. The summed E-state index contributed by atoms with van der Waals surface area (Å²) in [6, 6.07) is 6.63. The Morgan fingerprint density at radius 1 is 1.33 bits per heavy atom. The van der Waals surface area contributed by atoms with Crippen molar-refractivity contribution in [1.29, 1.82) is 0 Å². The zero-order valence-corrected chi connectivity index (χ0v) is 12.3. The van der Waals surface area contributed by atoms with Crippen molar-refractivity contribution in [1.82, 2.24) is 5.32 Å². The predicted molar refractivity (Wildman–Crippen MR) is 81.3 cm³/mol. The molecule has 0 saturated heterocycles. The lowest BCUT2D eigenvalue weighted by molar-refractivity contribution is 0.508. The Labute approximate surface area is 116 Å². The summed E-state index contributed by atoms with van der Waals surface area (Å²) in [6.07, 6.45) is 7.97. The average molecular weight is 266 g/mol. The van der Waals surface area contributed by atoms with Crippen LogP contribution in [0.25, 0.3) is 0 Å². The van der Waals surface area contributed by atoms with E-state index in [4.69, 9.17) is 11.6 Å². The van der Waals surface area contributed by atoms with Crippen LogP contribution in [-0.4, -0.2) is 7.05 Å². The fourth-order valence-corrected chi connectivity index (χ4v) is 2.47. The first-order valence-electron chi connectivity index (χ1n) is 6.74. The van der Waals surface area contributed by atoms with E-state index in [0.29, 0.717) is 6.04 Å². The van der Waals surface area contributed by atoms with Gasteiger partial charge in [-0.2, -0.15) is 0 Å². The van der Waals surface area contributed by atoms with Crippen molar-refractivity contribution >= 4 is 11.6 Å². The van der Waals surface area contributed by atoms with Crippen LogP contribution < -0.4 is 5.32 Å². The molecule has 1 atom stereocenters. The fraction of sp³-hybridized carbons (Fsp3) is 0.500. The summed E-state index contributed by atoms with van der Waals surface area (Å²) in [5.41, 5.74) is 2.38. The van der Waals surface area contributed by atoms with E-state index in [1.165, 1.54) is 24.8 Å². The van der Waals surface area contributed by atoms with Gasteiger partial charge in [0.05, 0.1) is 0 Å². The first-order chi connectivity index (χ1) is 8.70. The molecule has 0 heterocycles. The van der Waals surface area contributed by atoms with Gasteiger partial charge in [-0.25, -0.2) is 0 Å². The molecule has 0 aliphatic rings. The maximum Gasteiger partial charge on any atom is 0.0482 e. The van der Waals surface area contributed by atoms with Crippen LogP contribution in [-0.2, 0) is 0 Å². The smallest absolute Gasteiger partial charge is 0.0482 e. The summed E-state index contributed by atoms with van der Waals surface area (Å²) >= 11 is 6.38. The molecule has 0 amide bonds. The Balaban J connectivity index is 2.55. The summed E-state index contributed by atoms with van der Waals surface area (Å²) < 4.78 is 0. The minimum atomic E-state index is 0.362. The maximum atomic E-state index is 6.38. The number of rotatable bonds is 8. The Kier molecular flexibility index (Phi) is 7.07. The molecule has 2 heteroatoms. The van der Waals surface area contributed by atoms with Gasteiger partial charge >= 0.3 is 0 Å². The number of halogens is 1. The van der Waals surface area contributed by atoms with E-state index in [9.17, 15) is 0 Å². The molecule has 1 N–H and O–H groups in total. The van der Waals surface area contributed by atoms with Gasteiger partial charge in [0.1, 0.15) is 0 Å². The third kappa shape index (κ3) is 4.47. The number of hydrogen-bond donors (Lipinski definition) is 1. The minimum absolute atomic E-state index is 0.362. The third-order valence-electron chi connectivity index (χ3n) is 3.35. The van der Waals surface area contributed by atoms with E-state index >= 15 is 0 Å². The standard InChI is InChI=1S/C16H24ClN/c1-4-5-6-7-8-12-15(18-3)14-11-9-10-13(2)16(14)17/h4,9-11,15,18H,1,5-8,12H2,2-3H3. The molecule has 1 nitrogen and oxygen atoms in total. The lowest BCUT2D eigenvalue weighted by Gasteiger charge is -2.19. The molecule has 1 unspecified atom stereocenters. The van der Waals surface area contributed by atoms with Crippen molar-refractivity contribution < 1.29 is 0 Å². The van der Waals surface area contributed by atoms with Gasteiger partial charge in [0, 0.05) is 11.1 Å². The summed E-state index contributed by atoms with van der Waals surface area (Å²) in [5, 5.41) is 4.28. The molecule has 1 aromatic carbocycles. The molecule has 0 aliphatic carbocycles. The Morgan fingerprint density at radius 3 is 2.78 bits per heavy atom. The van der Waals surface area contributed by atoms with Crippen LogP contribution in [0.5, 0.6) is 0 Å². The molecule has 0 radical (unpaired) electrons. The highest BCUT2D eigenvalue weighted by molar-refractivity contribution is 6.32. The van der Waals surface area contributed by atoms with E-state index in [1.807, 2.05) is 13.1 Å². The monoisotopic (exact) mass is 265 g/mol. The Morgan fingerprint density at radius 2 is 2.11 bits per heavy atom. The largest absolute Gasteiger partial charge is 0.313 e. The average Bonchev–Trinajstić information content (AvgIpc) is 2.38. The molecule has 100 valence electrons. The van der Waals surface area contributed by atoms with Crippen molar-refractivity contribution in [3.8, 4) is 0 Å². The van der Waals surface area contributed by atoms with Gasteiger partial charge in [0.2, 0.25) is 0 Å². The van der Waals surface area contributed by atoms with Gasteiger partial charge in [-0.05, 0) is 44.4 Å². The lowest BCUT2D eigenvalue weighted by atomic mass is 9.98. The zero-order chi connectivity index (χ0) is 13.4. The molecule has 0 saturated carbocycles. The van der Waals surface area contributed by atoms with Gasteiger partial charge in [0.25, 0.3) is 0 Å². The van der Waals surface area contributed by atoms with Crippen LogP contribution in [0.3, 0.4) is 0 Å². The van der Waals surface area contributed by atoms with E-state index in [2.05, 4.69) is 37.0 Å². The number of hydrogen-bond acceptors (Lipinski definition) is 1. The van der Waals surface area contributed by atoms with Crippen molar-refractivity contribution in [2.24, 2.45) is 0 Å². The van der Waals surface area contributed by atoms with Gasteiger partial charge in [-0.1, -0.05) is 48.7 Å². The van der Waals surface area contributed by atoms with E-state index in [-0.39, 0.29) is 0 Å². The van der Waals surface area contributed by atoms with Gasteiger partial charge in [0.15, 0.2) is 0 Å². The van der Waals surface area contributed by atoms with Crippen molar-refractivity contribution in [3.05, 3.63) is 47.0 Å². The molecular formula is C16H24ClN. The van der Waals surface area contributed by atoms with Crippen LogP contribution in [0.2, 0.25) is 5.02 Å². The SMILES string of the molecule is C=CCCCCCC(NC)c1cccc(C)c1Cl. The number of nitrogens with one attached hydrogen (secondary N) is 1. The molecule has 1 rings (SSSR count). The molecule has 0 spiro atoms. The van der Waals surface area contributed by atoms with Crippen LogP contribution in [0.4, 0.5) is 0 Å². The van der Waals surface area contributed by atoms with Crippen molar-refractivity contribution in [2.45, 2.75) is 45.1 Å². The molecule has 0 aromatic heterocycles. The quantitative estimate of drug-likeness (QED) is 0.513. The second kappa shape index (κ2) is 8.34. The first kappa shape index (κ1) is 15.3. The van der Waals surface area contributed by atoms with E-state index < -0.39 is 0 Å². The highest BCUT2D eigenvalue weighted by Gasteiger charge is 2.13. The van der Waals surface area contributed by atoms with Crippen LogP contribution in [0, 0.1) is 6.92 Å². The first-order valence-corrected chi connectivity index (χ1v) is 7.11. The summed E-state index contributed by atoms with van der Waals surface area (Å²) in [5.74, 6) is 0. The number of benzene rings is 1. The highest BCUT2D eigenvalue weighted by Crippen LogP contribution is 2.29. The molecular weight excluding hydrogens is 242 g/mol. The second-order valence-corrected chi connectivity index (χ2v) is 5.12. The third-order valence-corrected chi connectivity index (χ3v) is 3.86. The van der Waals surface area contributed by atoms with E-state index in [1.54, 1.807) is 0 Å². The number of aryl methyl sites for hydroxylation is 1. The molecule has 0 fully saturated rings. The van der Waals surface area contributed by atoms with Gasteiger partial charge in [-0.15, -0.1) is 6.58 Å². The number of unbranched alkanes of at least 4 members (excludes halogenated alkanes) is 3. The summed E-state index contributed by atoms with van der Waals surface area (Å²) in [4.78, 5) is 0. The molecule has 18 heavy (non-hydrogen) atoms. The number of allylic oxidation sites excluding steroid dienone is 1. The van der Waals surface area contributed by atoms with Crippen LogP contribution >= 0.6 is 11.6 Å². The zero-order valence-electron chi connectivity index (χ0n) is 11.5. The Hall–Kier alpha value is -0.790. The minimum Gasteiger partial charge on any atom is -0.313 e. The Bertz CT molecular complexity index is 373. The maximum absolute atomic E-state index is 6.38. The lowest BCUT2D eigenvalue weighted by Crippen LogP contribution is -2.17. The van der Waals surface area contributed by atoms with Crippen molar-refractivity contribution in [3.63, 3.8) is 0 Å². The van der Waals surface area contributed by atoms with E-state index in [0.717, 1.165) is 23.4 Å². The van der Waals surface area contributed by atoms with Crippen LogP contribution in [0.1, 0.15) is 49.3 Å². The highest BCUT2D eigenvalue weighted by atomic mass is 35.5. The van der Waals surface area contributed by atoms with Crippen LogP contribution in [0.15, 0.2) is 30.9 Å². The van der Waals surface area contributed by atoms with Gasteiger partial charge < -0.3 is 5.32 Å². The van der Waals surface area contributed by atoms with Crippen molar-refractivity contribution in [2.75, 3.05) is 7.05 Å². The second-order valence-electron chi connectivity index (χ2n) is 4.75. The fourth-order valence-electron chi connectivity index (χ4n) is 2.21. The summed E-state index contributed by atoms with van der Waals surface area (Å²) in [7, 11) is 2.01. The molecule has 1 aromatic rings. The molecule has 0 bridgehead atoms.